The molecule has 2 aliphatic rings. The van der Waals surface area contributed by atoms with Gasteiger partial charge in [-0.2, -0.15) is 0 Å². The fraction of sp³-hybridized carbons (Fsp3) is 0.456. The molecule has 6 rings (SSSR count). The van der Waals surface area contributed by atoms with E-state index in [1.165, 1.54) is 70.2 Å². The van der Waals surface area contributed by atoms with Crippen molar-refractivity contribution < 1.29 is 14.4 Å². The topological polar surface area (TPSA) is 87.3 Å². The van der Waals surface area contributed by atoms with Gasteiger partial charge in [0.15, 0.2) is 0 Å². The molecule has 1 unspecified atom stereocenters. The van der Waals surface area contributed by atoms with Crippen LogP contribution in [0, 0.1) is 0 Å². The summed E-state index contributed by atoms with van der Waals surface area (Å²) in [6.45, 7) is 26.1. The third-order valence-electron chi connectivity index (χ3n) is 14.1. The van der Waals surface area contributed by atoms with Crippen molar-refractivity contribution in [3.05, 3.63) is 141 Å². The van der Waals surface area contributed by atoms with E-state index in [4.69, 9.17) is 0 Å². The van der Waals surface area contributed by atoms with E-state index < -0.39 is 6.04 Å². The molecule has 0 spiro atoms. The second kappa shape index (κ2) is 19.3. The van der Waals surface area contributed by atoms with Crippen LogP contribution in [0.4, 0.5) is 0 Å². The Hall–Kier alpha value is -5.23. The zero-order valence-electron chi connectivity index (χ0n) is 40.1. The molecule has 63 heavy (non-hydrogen) atoms. The number of carbonyl (C=O) groups excluding carboxylic acids is 3. The van der Waals surface area contributed by atoms with Crippen LogP contribution >= 0.6 is 0 Å². The summed E-state index contributed by atoms with van der Waals surface area (Å²) < 4.78 is 0. The number of unbranched alkanes of at least 4 members (excludes halogenated alkanes) is 1. The first-order valence-electron chi connectivity index (χ1n) is 23.4. The molecule has 3 amide bonds. The average molecular weight is 848 g/mol. The number of nitrogens with one attached hydrogen (secondary N) is 3. The fourth-order valence-electron chi connectivity index (χ4n) is 9.46. The van der Waals surface area contributed by atoms with Crippen molar-refractivity contribution in [1.82, 2.24) is 16.0 Å². The average Bonchev–Trinajstić information content (AvgIpc) is 3.25. The molecule has 1 atom stereocenters. The van der Waals surface area contributed by atoms with E-state index in [2.05, 4.69) is 134 Å². The van der Waals surface area contributed by atoms with Crippen LogP contribution in [0.3, 0.4) is 0 Å². The normalized spacial score (nSPS) is 17.8. The maximum atomic E-state index is 13.5. The SMILES string of the molecule is CCCNC(=O)C(CCCCNC(=O)c1ccc(/C=C(\C)c2ccc3c(c2)C(C)(C)CCC3(C)C)cc1)NC(=O)c1ccc(/C=C(\C)c2ccc3c(c2)C(C)(C)CCC3(C)C)cc1. The van der Waals surface area contributed by atoms with Gasteiger partial charge in [-0.15, -0.1) is 0 Å². The van der Waals surface area contributed by atoms with Crippen molar-refractivity contribution in [2.75, 3.05) is 13.1 Å². The van der Waals surface area contributed by atoms with Crippen molar-refractivity contribution in [2.24, 2.45) is 0 Å². The Morgan fingerprint density at radius 3 is 1.38 bits per heavy atom. The molecule has 0 bridgehead atoms. The quantitative estimate of drug-likeness (QED) is 0.0822. The first-order valence-corrected chi connectivity index (χ1v) is 23.4. The lowest BCUT2D eigenvalue weighted by atomic mass is 9.63. The Morgan fingerprint density at radius 2 is 0.937 bits per heavy atom. The Labute approximate surface area is 378 Å². The molecule has 6 nitrogen and oxygen atoms in total. The predicted molar refractivity (Wildman–Crippen MR) is 264 cm³/mol. The third kappa shape index (κ3) is 11.3. The zero-order valence-corrected chi connectivity index (χ0v) is 40.1. The Kier molecular flexibility index (Phi) is 14.4. The van der Waals surface area contributed by atoms with Gasteiger partial charge in [0, 0.05) is 24.2 Å². The van der Waals surface area contributed by atoms with Gasteiger partial charge in [0.25, 0.3) is 11.8 Å². The fourth-order valence-corrected chi connectivity index (χ4v) is 9.46. The van der Waals surface area contributed by atoms with Crippen molar-refractivity contribution in [1.29, 1.82) is 0 Å². The maximum Gasteiger partial charge on any atom is 0.251 e. The lowest BCUT2D eigenvalue weighted by Gasteiger charge is -2.42. The highest BCUT2D eigenvalue weighted by molar-refractivity contribution is 5.98. The Morgan fingerprint density at radius 1 is 0.524 bits per heavy atom. The van der Waals surface area contributed by atoms with E-state index in [0.717, 1.165) is 17.5 Å². The van der Waals surface area contributed by atoms with Gasteiger partial charge in [-0.1, -0.05) is 135 Å². The summed E-state index contributed by atoms with van der Waals surface area (Å²) in [4.78, 5) is 39.7. The second-order valence-corrected chi connectivity index (χ2v) is 21.0. The van der Waals surface area contributed by atoms with Gasteiger partial charge in [0.2, 0.25) is 5.91 Å². The van der Waals surface area contributed by atoms with Crippen LogP contribution in [0.2, 0.25) is 0 Å². The summed E-state index contributed by atoms with van der Waals surface area (Å²) in [5, 5.41) is 8.97. The molecule has 4 aromatic carbocycles. The molecule has 0 saturated heterocycles. The number of hydrogen-bond acceptors (Lipinski definition) is 3. The van der Waals surface area contributed by atoms with Gasteiger partial charge < -0.3 is 16.0 Å². The molecule has 4 aromatic rings. The van der Waals surface area contributed by atoms with Crippen molar-refractivity contribution in [3.8, 4) is 0 Å². The van der Waals surface area contributed by atoms with Crippen molar-refractivity contribution in [2.45, 2.75) is 155 Å². The molecule has 6 heteroatoms. The van der Waals surface area contributed by atoms with Gasteiger partial charge in [-0.3, -0.25) is 14.4 Å². The number of rotatable bonds is 15. The second-order valence-electron chi connectivity index (χ2n) is 21.0. The monoisotopic (exact) mass is 848 g/mol. The highest BCUT2D eigenvalue weighted by Crippen LogP contribution is 2.47. The molecule has 0 aliphatic heterocycles. The van der Waals surface area contributed by atoms with Crippen LogP contribution in [0.15, 0.2) is 84.9 Å². The van der Waals surface area contributed by atoms with Gasteiger partial charge in [0.05, 0.1) is 0 Å². The molecular weight excluding hydrogens is 775 g/mol. The molecule has 3 N–H and O–H groups in total. The van der Waals surface area contributed by atoms with Crippen LogP contribution in [-0.4, -0.2) is 36.9 Å². The highest BCUT2D eigenvalue weighted by atomic mass is 16.2. The Balaban J connectivity index is 1.00. The molecule has 2 aliphatic carbocycles. The lowest BCUT2D eigenvalue weighted by Crippen LogP contribution is -2.47. The molecular formula is C57H73N3O3. The molecule has 334 valence electrons. The zero-order chi connectivity index (χ0) is 45.7. The van der Waals surface area contributed by atoms with Crippen LogP contribution in [-0.2, 0) is 26.5 Å². The molecule has 0 radical (unpaired) electrons. The van der Waals surface area contributed by atoms with Crippen LogP contribution < -0.4 is 16.0 Å². The first-order chi connectivity index (χ1) is 29.7. The summed E-state index contributed by atoms with van der Waals surface area (Å²) >= 11 is 0. The lowest BCUT2D eigenvalue weighted by molar-refractivity contribution is -0.123. The predicted octanol–water partition coefficient (Wildman–Crippen LogP) is 12.7. The van der Waals surface area contributed by atoms with Crippen molar-refractivity contribution in [3.63, 3.8) is 0 Å². The maximum absolute atomic E-state index is 13.5. The minimum atomic E-state index is -0.677. The number of carbonyl (C=O) groups is 3. The first kappa shape index (κ1) is 47.3. The van der Waals surface area contributed by atoms with Crippen molar-refractivity contribution >= 4 is 41.0 Å². The number of hydrogen-bond donors (Lipinski definition) is 3. The van der Waals surface area contributed by atoms with E-state index in [9.17, 15) is 14.4 Å². The standard InChI is InChI=1S/C57H73N3O3/c1-12-32-58-53(63)50(60-52(62)43-22-18-41(19-23-43)35-39(3)45-25-27-47-49(37-45)57(10,11)31-29-55(47,6)7)15-13-14-33-59-51(61)42-20-16-40(17-21-42)34-38(2)44-24-26-46-48(36-44)56(8,9)30-28-54(46,4)5/h16-27,34-37,50H,12-15,28-33H2,1-11H3,(H,58,63)(H,59,61)(H,60,62)/b38-34+,39-35+. The Bertz CT molecular complexity index is 2360. The summed E-state index contributed by atoms with van der Waals surface area (Å²) in [7, 11) is 0. The van der Waals surface area contributed by atoms with E-state index in [-0.39, 0.29) is 39.4 Å². The van der Waals surface area contributed by atoms with Crippen LogP contribution in [0.25, 0.3) is 23.3 Å². The van der Waals surface area contributed by atoms with Crippen LogP contribution in [0.1, 0.15) is 193 Å². The van der Waals surface area contributed by atoms with Crippen LogP contribution in [0.5, 0.6) is 0 Å². The molecule has 0 fully saturated rings. The number of allylic oxidation sites excluding steroid dienone is 2. The van der Waals surface area contributed by atoms with E-state index in [1.54, 1.807) is 0 Å². The van der Waals surface area contributed by atoms with Gasteiger partial charge in [-0.05, 0) is 167 Å². The summed E-state index contributed by atoms with van der Waals surface area (Å²) in [5.74, 6) is -0.600. The smallest absolute Gasteiger partial charge is 0.251 e. The van der Waals surface area contributed by atoms with E-state index in [0.29, 0.717) is 43.5 Å². The highest BCUT2D eigenvalue weighted by Gasteiger charge is 2.38. The summed E-state index contributed by atoms with van der Waals surface area (Å²) in [6.07, 6.45) is 11.7. The minimum Gasteiger partial charge on any atom is -0.354 e. The third-order valence-corrected chi connectivity index (χ3v) is 14.1. The van der Waals surface area contributed by atoms with Gasteiger partial charge in [0.1, 0.15) is 6.04 Å². The van der Waals surface area contributed by atoms with E-state index >= 15 is 0 Å². The summed E-state index contributed by atoms with van der Waals surface area (Å²) in [5.41, 5.74) is 14.4. The number of fused-ring (bicyclic) bond motifs is 2. The molecule has 0 aromatic heterocycles. The number of amides is 3. The van der Waals surface area contributed by atoms with Gasteiger partial charge in [-0.25, -0.2) is 0 Å². The number of benzene rings is 4. The van der Waals surface area contributed by atoms with Gasteiger partial charge >= 0.3 is 0 Å². The van der Waals surface area contributed by atoms with E-state index in [1.807, 2.05) is 55.5 Å². The molecule has 0 saturated carbocycles. The summed E-state index contributed by atoms with van der Waals surface area (Å²) in [6, 6.07) is 28.5. The minimum absolute atomic E-state index is 0.128. The largest absolute Gasteiger partial charge is 0.354 e. The molecule has 0 heterocycles.